The van der Waals surface area contributed by atoms with Crippen LogP contribution in [0.15, 0.2) is 79.2 Å². The van der Waals surface area contributed by atoms with Crippen molar-refractivity contribution in [2.45, 2.75) is 34.1 Å². The molecule has 2 rings (SSSR count). The highest BCUT2D eigenvalue weighted by molar-refractivity contribution is 5.82. The monoisotopic (exact) mass is 496 g/mol. The molecule has 0 bridgehead atoms. The molecule has 0 radical (unpaired) electrons. The standard InChI is InChI=1S/C26H34N4O4.C2H6/c1-5-20(17-27-19-32)26-18-28-24-10-9-22(16-25(24)29-26)30(12-8-13-31)21(6-2)15-23(34-7-3)11-14-33-4;1-2/h5-6,9-11,14-18,27,31-32H,1,7-8,12-13,19H2,2-4H3;1-2H3/b14-11+,20-17+,21-6+,23-15+;. The maximum Gasteiger partial charge on any atom is 0.124 e. The molecule has 0 saturated heterocycles. The molecule has 1 aromatic carbocycles. The molecule has 0 unspecified atom stereocenters. The molecule has 0 atom stereocenters. The minimum atomic E-state index is -0.189. The van der Waals surface area contributed by atoms with Gasteiger partial charge in [0.25, 0.3) is 0 Å². The largest absolute Gasteiger partial charge is 0.504 e. The van der Waals surface area contributed by atoms with E-state index in [0.717, 1.165) is 16.9 Å². The lowest BCUT2D eigenvalue weighted by molar-refractivity contribution is 0.239. The van der Waals surface area contributed by atoms with Gasteiger partial charge in [-0.15, -0.1) is 0 Å². The first kappa shape index (κ1) is 30.4. The van der Waals surface area contributed by atoms with Gasteiger partial charge in [0, 0.05) is 48.5 Å². The third-order valence-corrected chi connectivity index (χ3v) is 4.82. The van der Waals surface area contributed by atoms with Gasteiger partial charge in [-0.2, -0.15) is 0 Å². The fraction of sp³-hybridized carbons (Fsp3) is 0.357. The smallest absolute Gasteiger partial charge is 0.124 e. The van der Waals surface area contributed by atoms with Gasteiger partial charge in [-0.25, -0.2) is 4.98 Å². The van der Waals surface area contributed by atoms with Gasteiger partial charge in [-0.3, -0.25) is 4.98 Å². The minimum absolute atomic E-state index is 0.0714. The van der Waals surface area contributed by atoms with Gasteiger partial charge in [-0.05, 0) is 38.5 Å². The zero-order valence-electron chi connectivity index (χ0n) is 22.1. The first-order valence-electron chi connectivity index (χ1n) is 12.1. The number of rotatable bonds is 14. The van der Waals surface area contributed by atoms with Crippen molar-refractivity contribution in [2.75, 3.05) is 38.5 Å². The fourth-order valence-corrected chi connectivity index (χ4v) is 3.24. The number of nitrogens with zero attached hydrogens (tertiary/aromatic N) is 3. The first-order chi connectivity index (χ1) is 17.6. The summed E-state index contributed by atoms with van der Waals surface area (Å²) in [4.78, 5) is 11.4. The Bertz CT molecular complexity index is 1060. The molecule has 0 aliphatic heterocycles. The van der Waals surface area contributed by atoms with Crippen LogP contribution in [0.2, 0.25) is 0 Å². The number of aromatic nitrogens is 2. The Kier molecular flexibility index (Phi) is 15.0. The summed E-state index contributed by atoms with van der Waals surface area (Å²) in [5.41, 5.74) is 4.63. The lowest BCUT2D eigenvalue weighted by Crippen LogP contribution is -2.24. The van der Waals surface area contributed by atoms with Crippen molar-refractivity contribution in [2.24, 2.45) is 0 Å². The fourth-order valence-electron chi connectivity index (χ4n) is 3.24. The summed E-state index contributed by atoms with van der Waals surface area (Å²) < 4.78 is 10.8. The maximum absolute atomic E-state index is 9.49. The number of aliphatic hydroxyl groups excluding tert-OH is 2. The van der Waals surface area contributed by atoms with E-state index in [2.05, 4.69) is 21.8 Å². The van der Waals surface area contributed by atoms with Crippen molar-refractivity contribution in [1.29, 1.82) is 0 Å². The van der Waals surface area contributed by atoms with Crippen molar-refractivity contribution < 1.29 is 19.7 Å². The Balaban J connectivity index is 0.00000316. The van der Waals surface area contributed by atoms with E-state index in [0.29, 0.717) is 42.1 Å². The van der Waals surface area contributed by atoms with E-state index in [1.54, 1.807) is 37.9 Å². The van der Waals surface area contributed by atoms with E-state index < -0.39 is 0 Å². The Hall–Kier alpha value is -3.62. The maximum atomic E-state index is 9.49. The van der Waals surface area contributed by atoms with Crippen LogP contribution in [0.4, 0.5) is 5.69 Å². The molecule has 196 valence electrons. The third kappa shape index (κ3) is 9.20. The van der Waals surface area contributed by atoms with Gasteiger partial charge in [0.2, 0.25) is 0 Å². The van der Waals surface area contributed by atoms with E-state index in [1.807, 2.05) is 58.0 Å². The average molecular weight is 497 g/mol. The molecule has 0 fully saturated rings. The van der Waals surface area contributed by atoms with Gasteiger partial charge >= 0.3 is 0 Å². The van der Waals surface area contributed by atoms with E-state index in [-0.39, 0.29) is 13.3 Å². The predicted molar refractivity (Wildman–Crippen MR) is 148 cm³/mol. The number of hydrogen-bond acceptors (Lipinski definition) is 8. The van der Waals surface area contributed by atoms with Crippen molar-refractivity contribution >= 4 is 22.3 Å². The zero-order chi connectivity index (χ0) is 26.8. The first-order valence-corrected chi connectivity index (χ1v) is 12.1. The Morgan fingerprint density at radius 3 is 2.61 bits per heavy atom. The molecule has 1 heterocycles. The summed E-state index contributed by atoms with van der Waals surface area (Å²) in [6.45, 7) is 12.7. The summed E-state index contributed by atoms with van der Waals surface area (Å²) in [7, 11) is 1.58. The van der Waals surface area contributed by atoms with Crippen LogP contribution in [0, 0.1) is 0 Å². The number of benzene rings is 1. The number of fused-ring (bicyclic) bond motifs is 1. The molecule has 0 spiro atoms. The lowest BCUT2D eigenvalue weighted by atomic mass is 10.1. The molecule has 0 aliphatic carbocycles. The topological polar surface area (TPSA) is 100.0 Å². The van der Waals surface area contributed by atoms with Crippen molar-refractivity contribution in [3.8, 4) is 0 Å². The van der Waals surface area contributed by atoms with Crippen molar-refractivity contribution in [3.05, 3.63) is 84.9 Å². The minimum Gasteiger partial charge on any atom is -0.504 e. The van der Waals surface area contributed by atoms with Gasteiger partial charge in [-0.1, -0.05) is 32.6 Å². The molecular weight excluding hydrogens is 456 g/mol. The van der Waals surface area contributed by atoms with Crippen LogP contribution in [0.5, 0.6) is 0 Å². The number of allylic oxidation sites excluding steroid dienone is 5. The molecule has 0 saturated carbocycles. The van der Waals surface area contributed by atoms with Crippen molar-refractivity contribution in [3.63, 3.8) is 0 Å². The van der Waals surface area contributed by atoms with Crippen LogP contribution in [-0.2, 0) is 9.47 Å². The molecule has 3 N–H and O–H groups in total. The third-order valence-electron chi connectivity index (χ3n) is 4.82. The van der Waals surface area contributed by atoms with Crippen molar-refractivity contribution in [1.82, 2.24) is 15.3 Å². The zero-order valence-corrected chi connectivity index (χ0v) is 22.1. The molecule has 8 nitrogen and oxygen atoms in total. The number of ether oxygens (including phenoxy) is 2. The van der Waals surface area contributed by atoms with E-state index in [9.17, 15) is 5.11 Å². The highest BCUT2D eigenvalue weighted by atomic mass is 16.5. The second-order valence-electron chi connectivity index (χ2n) is 7.05. The lowest BCUT2D eigenvalue weighted by Gasteiger charge is -2.26. The summed E-state index contributed by atoms with van der Waals surface area (Å²) in [6.07, 6.45) is 12.8. The van der Waals surface area contributed by atoms with Crippen LogP contribution in [0.25, 0.3) is 16.6 Å². The number of anilines is 1. The normalized spacial score (nSPS) is 12.2. The summed E-state index contributed by atoms with van der Waals surface area (Å²) in [5.74, 6) is 0.659. The molecule has 8 heteroatoms. The van der Waals surface area contributed by atoms with E-state index >= 15 is 0 Å². The van der Waals surface area contributed by atoms with Crippen LogP contribution in [0.1, 0.15) is 39.8 Å². The van der Waals surface area contributed by atoms with Gasteiger partial charge in [0.15, 0.2) is 0 Å². The van der Waals surface area contributed by atoms with Crippen LogP contribution in [0.3, 0.4) is 0 Å². The summed E-state index contributed by atoms with van der Waals surface area (Å²) in [5, 5.41) is 21.3. The number of hydrogen-bond donors (Lipinski definition) is 3. The molecule has 2 aromatic rings. The quantitative estimate of drug-likeness (QED) is 0.193. The Labute approximate surface area is 215 Å². The average Bonchev–Trinajstić information content (AvgIpc) is 2.92. The highest BCUT2D eigenvalue weighted by Crippen LogP contribution is 2.26. The molecule has 1 aromatic heterocycles. The predicted octanol–water partition coefficient (Wildman–Crippen LogP) is 4.90. The second-order valence-corrected chi connectivity index (χ2v) is 7.05. The van der Waals surface area contributed by atoms with Gasteiger partial charge in [0.1, 0.15) is 12.5 Å². The van der Waals surface area contributed by atoms with Crippen LogP contribution >= 0.6 is 0 Å². The Morgan fingerprint density at radius 1 is 1.22 bits per heavy atom. The molecule has 0 amide bonds. The highest BCUT2D eigenvalue weighted by Gasteiger charge is 2.13. The molecular formula is C28H40N4O4. The second kappa shape index (κ2) is 17.8. The number of nitrogens with one attached hydrogen (secondary N) is 1. The van der Waals surface area contributed by atoms with Crippen LogP contribution < -0.4 is 10.2 Å². The molecule has 36 heavy (non-hydrogen) atoms. The van der Waals surface area contributed by atoms with Crippen LogP contribution in [-0.4, -0.2) is 53.8 Å². The van der Waals surface area contributed by atoms with Gasteiger partial charge in [0.05, 0.1) is 42.9 Å². The van der Waals surface area contributed by atoms with E-state index in [4.69, 9.17) is 19.6 Å². The SMILES string of the molecule is C=C/C(=C\NCO)c1cnc2ccc(N(CCCO)C(/C=C(\C=C\OC)OCC)=C/C)cc2n1.CC. The number of methoxy groups -OCH3 is 1. The summed E-state index contributed by atoms with van der Waals surface area (Å²) in [6, 6.07) is 5.86. The van der Waals surface area contributed by atoms with E-state index in [1.165, 1.54) is 0 Å². The number of aliphatic hydroxyl groups is 2. The Morgan fingerprint density at radius 2 is 2.00 bits per heavy atom. The summed E-state index contributed by atoms with van der Waals surface area (Å²) >= 11 is 0. The van der Waals surface area contributed by atoms with Gasteiger partial charge < -0.3 is 29.9 Å². The molecule has 0 aliphatic rings.